The monoisotopic (exact) mass is 496 g/mol. The number of aromatic nitrogens is 6. The quantitative estimate of drug-likeness (QED) is 0.343. The summed E-state index contributed by atoms with van der Waals surface area (Å²) in [4.78, 5) is 9.35. The van der Waals surface area contributed by atoms with Crippen LogP contribution < -0.4 is 4.74 Å². The molecular formula is C26H17ClN6O3. The van der Waals surface area contributed by atoms with Crippen LogP contribution in [0.25, 0.3) is 22.7 Å². The summed E-state index contributed by atoms with van der Waals surface area (Å²) in [7, 11) is 0. The van der Waals surface area contributed by atoms with Crippen molar-refractivity contribution in [3.05, 3.63) is 101 Å². The van der Waals surface area contributed by atoms with Crippen molar-refractivity contribution >= 4 is 17.2 Å². The number of nitrogens with zero attached hydrogens (tertiary/aromatic N) is 6. The number of halogens is 1. The van der Waals surface area contributed by atoms with Crippen LogP contribution in [0.1, 0.15) is 28.5 Å². The fraction of sp³-hybridized carbons (Fsp3) is 0.0769. The summed E-state index contributed by atoms with van der Waals surface area (Å²) in [5.74, 6) is 1.69. The van der Waals surface area contributed by atoms with Gasteiger partial charge in [-0.25, -0.2) is 19.2 Å². The number of benzene rings is 2. The number of furan rings is 1. The van der Waals surface area contributed by atoms with Gasteiger partial charge in [0.1, 0.15) is 17.8 Å². The molecule has 9 nitrogen and oxygen atoms in total. The van der Waals surface area contributed by atoms with Gasteiger partial charge in [0, 0.05) is 5.02 Å². The summed E-state index contributed by atoms with van der Waals surface area (Å²) < 4.78 is 15.6. The lowest BCUT2D eigenvalue weighted by atomic mass is 9.88. The van der Waals surface area contributed by atoms with E-state index in [1.807, 2.05) is 37.3 Å². The van der Waals surface area contributed by atoms with Gasteiger partial charge in [-0.3, -0.25) is 0 Å². The third-order valence-electron chi connectivity index (χ3n) is 6.26. The minimum atomic E-state index is -0.391. The molecule has 7 rings (SSSR count). The zero-order valence-corrected chi connectivity index (χ0v) is 19.6. The maximum Gasteiger partial charge on any atom is 0.230 e. The molecule has 0 saturated heterocycles. The van der Waals surface area contributed by atoms with E-state index in [9.17, 15) is 5.11 Å². The Hall–Kier alpha value is -4.63. The summed E-state index contributed by atoms with van der Waals surface area (Å²) >= 11 is 6.10. The average Bonchev–Trinajstić information content (AvgIpc) is 3.63. The lowest BCUT2D eigenvalue weighted by Gasteiger charge is -2.24. The van der Waals surface area contributed by atoms with Gasteiger partial charge >= 0.3 is 0 Å². The second kappa shape index (κ2) is 7.69. The van der Waals surface area contributed by atoms with Crippen LogP contribution in [0.4, 0.5) is 0 Å². The topological polar surface area (TPSA) is 104 Å². The van der Waals surface area contributed by atoms with Crippen molar-refractivity contribution < 1.29 is 14.3 Å². The summed E-state index contributed by atoms with van der Waals surface area (Å²) in [6.07, 6.45) is 3.18. The SMILES string of the molecule is Cc1nn(-c2ccc(Cl)cc2)c2c1[C@H](c1ccco1)c1c(ncn3nc(-c4ccccc4O)nc13)O2. The molecular weight excluding hydrogens is 480 g/mol. The number of hydrogen-bond acceptors (Lipinski definition) is 7. The maximum absolute atomic E-state index is 10.4. The van der Waals surface area contributed by atoms with E-state index < -0.39 is 5.92 Å². The van der Waals surface area contributed by atoms with E-state index >= 15 is 0 Å². The van der Waals surface area contributed by atoms with Crippen LogP contribution in [0.5, 0.6) is 17.5 Å². The van der Waals surface area contributed by atoms with Crippen molar-refractivity contribution in [3.63, 3.8) is 0 Å². The van der Waals surface area contributed by atoms with Gasteiger partial charge in [-0.1, -0.05) is 23.7 Å². The van der Waals surface area contributed by atoms with Gasteiger partial charge in [0.15, 0.2) is 11.5 Å². The van der Waals surface area contributed by atoms with Crippen LogP contribution in [-0.2, 0) is 0 Å². The predicted molar refractivity (Wildman–Crippen MR) is 131 cm³/mol. The molecule has 0 spiro atoms. The van der Waals surface area contributed by atoms with Crippen molar-refractivity contribution in [2.45, 2.75) is 12.8 Å². The molecule has 5 heterocycles. The van der Waals surface area contributed by atoms with Gasteiger partial charge in [0.25, 0.3) is 0 Å². The van der Waals surface area contributed by atoms with Gasteiger partial charge in [0.05, 0.1) is 40.3 Å². The number of ether oxygens (including phenoxy) is 1. The Kier molecular flexibility index (Phi) is 4.43. The first-order valence-corrected chi connectivity index (χ1v) is 11.6. The van der Waals surface area contributed by atoms with E-state index in [4.69, 9.17) is 30.8 Å². The van der Waals surface area contributed by atoms with Gasteiger partial charge in [-0.05, 0) is 55.5 Å². The molecule has 10 heteroatoms. The van der Waals surface area contributed by atoms with Gasteiger partial charge in [-0.2, -0.15) is 5.10 Å². The molecule has 6 aromatic rings. The molecule has 0 saturated carbocycles. The smallest absolute Gasteiger partial charge is 0.230 e. The predicted octanol–water partition coefficient (Wildman–Crippen LogP) is 5.52. The van der Waals surface area contributed by atoms with Crippen molar-refractivity contribution in [1.29, 1.82) is 0 Å². The van der Waals surface area contributed by atoms with Gasteiger partial charge in [-0.15, -0.1) is 5.10 Å². The number of aromatic hydroxyl groups is 1. The normalized spacial score (nSPS) is 14.4. The molecule has 0 radical (unpaired) electrons. The zero-order valence-electron chi connectivity index (χ0n) is 18.8. The molecule has 0 fully saturated rings. The first-order chi connectivity index (χ1) is 17.6. The van der Waals surface area contributed by atoms with Crippen LogP contribution in [0.15, 0.2) is 77.7 Å². The molecule has 0 unspecified atom stereocenters. The molecule has 0 amide bonds. The molecule has 1 N–H and O–H groups in total. The molecule has 1 aliphatic heterocycles. The highest BCUT2D eigenvalue weighted by Gasteiger charge is 2.39. The Morgan fingerprint density at radius 2 is 1.81 bits per heavy atom. The third kappa shape index (κ3) is 3.03. The van der Waals surface area contributed by atoms with E-state index in [-0.39, 0.29) is 5.75 Å². The third-order valence-corrected chi connectivity index (χ3v) is 6.52. The number of rotatable bonds is 3. The molecule has 2 aromatic carbocycles. The first-order valence-electron chi connectivity index (χ1n) is 11.2. The van der Waals surface area contributed by atoms with Gasteiger partial charge < -0.3 is 14.3 Å². The minimum Gasteiger partial charge on any atom is -0.507 e. The second-order valence-electron chi connectivity index (χ2n) is 8.43. The summed E-state index contributed by atoms with van der Waals surface area (Å²) in [5.41, 5.74) is 4.19. The number of phenols is 1. The molecule has 36 heavy (non-hydrogen) atoms. The Labute approximate surface area is 209 Å². The van der Waals surface area contributed by atoms with Crippen LogP contribution >= 0.6 is 11.6 Å². The lowest BCUT2D eigenvalue weighted by molar-refractivity contribution is 0.392. The van der Waals surface area contributed by atoms with Crippen molar-refractivity contribution in [3.8, 4) is 34.6 Å². The zero-order chi connectivity index (χ0) is 24.4. The van der Waals surface area contributed by atoms with Crippen molar-refractivity contribution in [2.75, 3.05) is 0 Å². The molecule has 4 aromatic heterocycles. The first kappa shape index (κ1) is 20.7. The Morgan fingerprint density at radius 3 is 2.58 bits per heavy atom. The highest BCUT2D eigenvalue weighted by atomic mass is 35.5. The Balaban J connectivity index is 1.47. The standard InChI is InChI=1S/C26H17ClN6O3/c1-14-20-21(19-7-4-12-35-19)22-24-29-23(17-5-2-3-6-18(17)34)31-32(24)13-28-25(22)36-26(20)33(30-14)16-10-8-15(27)9-11-16/h2-13,21,34H,1H3/t21-/m0/s1. The van der Waals surface area contributed by atoms with E-state index in [2.05, 4.69) is 10.1 Å². The lowest BCUT2D eigenvalue weighted by Crippen LogP contribution is -2.15. The Bertz CT molecular complexity index is 1760. The van der Waals surface area contributed by atoms with Crippen LogP contribution in [-0.4, -0.2) is 34.5 Å². The molecule has 1 atom stereocenters. The highest BCUT2D eigenvalue weighted by molar-refractivity contribution is 6.30. The van der Waals surface area contributed by atoms with Crippen LogP contribution in [0, 0.1) is 6.92 Å². The minimum absolute atomic E-state index is 0.0939. The summed E-state index contributed by atoms with van der Waals surface area (Å²) in [5, 5.41) is 20.3. The molecule has 0 bridgehead atoms. The van der Waals surface area contributed by atoms with E-state index in [0.717, 1.165) is 16.9 Å². The molecule has 1 aliphatic rings. The number of aryl methyl sites for hydroxylation is 1. The maximum atomic E-state index is 10.4. The largest absolute Gasteiger partial charge is 0.507 e. The van der Waals surface area contributed by atoms with E-state index in [1.54, 1.807) is 52.1 Å². The second-order valence-corrected chi connectivity index (χ2v) is 8.86. The van der Waals surface area contributed by atoms with Crippen LogP contribution in [0.2, 0.25) is 5.02 Å². The van der Waals surface area contributed by atoms with Crippen LogP contribution in [0.3, 0.4) is 0 Å². The summed E-state index contributed by atoms with van der Waals surface area (Å²) in [6.45, 7) is 1.93. The summed E-state index contributed by atoms with van der Waals surface area (Å²) in [6, 6.07) is 18.1. The molecule has 0 aliphatic carbocycles. The van der Waals surface area contributed by atoms with Crippen molar-refractivity contribution in [2.24, 2.45) is 0 Å². The number of hydrogen-bond donors (Lipinski definition) is 1. The fourth-order valence-electron chi connectivity index (χ4n) is 4.65. The van der Waals surface area contributed by atoms with E-state index in [0.29, 0.717) is 45.1 Å². The fourth-order valence-corrected chi connectivity index (χ4v) is 4.78. The van der Waals surface area contributed by atoms with E-state index in [1.165, 1.54) is 0 Å². The molecule has 176 valence electrons. The van der Waals surface area contributed by atoms with Crippen molar-refractivity contribution in [1.82, 2.24) is 29.4 Å². The number of fused-ring (bicyclic) bond motifs is 4. The number of phenolic OH excluding ortho intramolecular Hbond substituents is 1. The number of para-hydroxylation sites is 1. The van der Waals surface area contributed by atoms with Gasteiger partial charge in [0.2, 0.25) is 11.8 Å². The Morgan fingerprint density at radius 1 is 0.972 bits per heavy atom. The average molecular weight is 497 g/mol. The highest BCUT2D eigenvalue weighted by Crippen LogP contribution is 2.50.